The third-order valence-corrected chi connectivity index (χ3v) is 7.49. The quantitative estimate of drug-likeness (QED) is 0.0837. The van der Waals surface area contributed by atoms with Gasteiger partial charge in [0.1, 0.15) is 24.8 Å². The first-order valence-corrected chi connectivity index (χ1v) is 14.9. The molecule has 44 heavy (non-hydrogen) atoms. The summed E-state index contributed by atoms with van der Waals surface area (Å²) in [6.07, 6.45) is 0.0501. The summed E-state index contributed by atoms with van der Waals surface area (Å²) in [6.45, 7) is 1.36. The number of phosphoric acid groups is 1. The maximum atomic E-state index is 12.2. The van der Waals surface area contributed by atoms with Gasteiger partial charge in [-0.1, -0.05) is 30.3 Å². The van der Waals surface area contributed by atoms with Crippen LogP contribution in [0.1, 0.15) is 41.1 Å². The van der Waals surface area contributed by atoms with Gasteiger partial charge in [0.25, 0.3) is 0 Å². The van der Waals surface area contributed by atoms with Crippen LogP contribution in [0.15, 0.2) is 55.1 Å². The monoisotopic (exact) mass is 628 g/mol. The molecule has 0 radical (unpaired) electrons. The van der Waals surface area contributed by atoms with Gasteiger partial charge in [-0.15, -0.1) is 0 Å². The average Bonchev–Trinajstić information content (AvgIpc) is 3.59. The second kappa shape index (κ2) is 13.1. The number of anilines is 1. The zero-order valence-corrected chi connectivity index (χ0v) is 24.5. The molecule has 3 N–H and O–H groups in total. The summed E-state index contributed by atoms with van der Waals surface area (Å²) in [5.41, 5.74) is 1.99. The minimum atomic E-state index is -4.92. The number of imidazole rings is 1. The topological polar surface area (TPSA) is 210 Å². The number of ketones is 1. The fourth-order valence-electron chi connectivity index (χ4n) is 4.93. The van der Waals surface area contributed by atoms with E-state index < -0.39 is 31.2 Å². The van der Waals surface area contributed by atoms with E-state index in [1.165, 1.54) is 38.8 Å². The zero-order chi connectivity index (χ0) is 31.4. The molecule has 0 amide bonds. The lowest BCUT2D eigenvalue weighted by Gasteiger charge is -2.19. The van der Waals surface area contributed by atoms with E-state index in [-0.39, 0.29) is 48.0 Å². The van der Waals surface area contributed by atoms with Crippen LogP contribution in [0.2, 0.25) is 0 Å². The lowest BCUT2D eigenvalue weighted by molar-refractivity contribution is -0.385. The first-order chi connectivity index (χ1) is 21.0. The number of rotatable bonds is 13. The summed E-state index contributed by atoms with van der Waals surface area (Å²) in [4.78, 5) is 55.2. The van der Waals surface area contributed by atoms with Crippen LogP contribution in [-0.2, 0) is 31.7 Å². The molecule has 0 bridgehead atoms. The highest BCUT2D eigenvalue weighted by atomic mass is 31.2. The zero-order valence-electron chi connectivity index (χ0n) is 23.6. The Morgan fingerprint density at radius 3 is 2.68 bits per heavy atom. The first kappa shape index (κ1) is 31.1. The lowest BCUT2D eigenvalue weighted by Crippen LogP contribution is -2.28. The van der Waals surface area contributed by atoms with Crippen LogP contribution in [0.25, 0.3) is 11.2 Å². The van der Waals surface area contributed by atoms with E-state index in [1.54, 1.807) is 4.57 Å². The number of carbonyl (C=O) groups excluding carboxylic acids is 1. The van der Waals surface area contributed by atoms with Gasteiger partial charge >= 0.3 is 13.5 Å². The van der Waals surface area contributed by atoms with Crippen molar-refractivity contribution in [2.75, 3.05) is 19.0 Å². The minimum Gasteiger partial charge on any atom is -0.490 e. The normalized spacial score (nSPS) is 18.4. The van der Waals surface area contributed by atoms with Crippen molar-refractivity contribution in [2.24, 2.45) is 0 Å². The molecule has 4 aromatic rings. The van der Waals surface area contributed by atoms with Crippen molar-refractivity contribution in [3.63, 3.8) is 0 Å². The molecule has 3 atom stereocenters. The van der Waals surface area contributed by atoms with Gasteiger partial charge < -0.3 is 29.3 Å². The van der Waals surface area contributed by atoms with Crippen LogP contribution in [-0.4, -0.2) is 65.9 Å². The Hall–Kier alpha value is -4.31. The third-order valence-electron chi connectivity index (χ3n) is 6.95. The predicted molar refractivity (Wildman–Crippen MR) is 154 cm³/mol. The highest BCUT2D eigenvalue weighted by Gasteiger charge is 2.41. The SMILES string of the molecule is COc1cc(C(C)=O)c(COC[C@H]2O[C@@H](n3cnc4c(NCc5ccccc5)ncnc43)C[C@@H]2OP(=O)(O)O)cc1[N+](=O)[O-]. The van der Waals surface area contributed by atoms with Crippen molar-refractivity contribution in [1.82, 2.24) is 19.5 Å². The van der Waals surface area contributed by atoms with Crippen LogP contribution in [0.5, 0.6) is 5.75 Å². The van der Waals surface area contributed by atoms with Gasteiger partial charge in [0, 0.05) is 24.6 Å². The molecule has 2 aromatic carbocycles. The molecule has 1 aliphatic heterocycles. The van der Waals surface area contributed by atoms with E-state index in [1.807, 2.05) is 30.3 Å². The summed E-state index contributed by atoms with van der Waals surface area (Å²) in [5.74, 6) is 0.0625. The van der Waals surface area contributed by atoms with E-state index in [4.69, 9.17) is 18.7 Å². The van der Waals surface area contributed by atoms with E-state index >= 15 is 0 Å². The van der Waals surface area contributed by atoms with Gasteiger partial charge in [0.15, 0.2) is 28.5 Å². The average molecular weight is 629 g/mol. The van der Waals surface area contributed by atoms with Crippen molar-refractivity contribution in [1.29, 1.82) is 0 Å². The van der Waals surface area contributed by atoms with Gasteiger partial charge in [0.05, 0.1) is 31.6 Å². The Labute approximate surface area is 250 Å². The summed E-state index contributed by atoms with van der Waals surface area (Å²) >= 11 is 0. The number of nitrogens with one attached hydrogen (secondary N) is 1. The highest BCUT2D eigenvalue weighted by molar-refractivity contribution is 7.46. The first-order valence-electron chi connectivity index (χ1n) is 13.3. The van der Waals surface area contributed by atoms with Crippen molar-refractivity contribution in [3.8, 4) is 5.75 Å². The van der Waals surface area contributed by atoms with E-state index in [0.29, 0.717) is 23.5 Å². The molecule has 232 valence electrons. The second-order valence-electron chi connectivity index (χ2n) is 9.89. The molecule has 2 aromatic heterocycles. The summed E-state index contributed by atoms with van der Waals surface area (Å²) < 4.78 is 35.3. The Morgan fingerprint density at radius 1 is 1.23 bits per heavy atom. The maximum absolute atomic E-state index is 12.2. The molecule has 1 fully saturated rings. The molecule has 1 aliphatic rings. The van der Waals surface area contributed by atoms with Gasteiger partial charge in [0.2, 0.25) is 0 Å². The molecule has 16 nitrogen and oxygen atoms in total. The second-order valence-corrected chi connectivity index (χ2v) is 11.1. The largest absolute Gasteiger partial charge is 0.490 e. The molecule has 0 saturated carbocycles. The Balaban J connectivity index is 1.33. The standard InChI is InChI=1S/C27H29N6O10P/c1-16(34)19-9-21(40-2)20(33(35)36)8-18(19)12-41-13-23-22(43-44(37,38)39)10-24(42-23)32-15-31-25-26(29-14-30-27(25)32)28-11-17-6-4-3-5-7-17/h3-9,14-15,22-24H,10-13H2,1-2H3,(H,28,29,30)(H2,37,38,39)/t22-,23+,24+/m0/s1. The fourth-order valence-corrected chi connectivity index (χ4v) is 5.51. The number of nitro benzene ring substituents is 1. The Bertz CT molecular complexity index is 1710. The number of methoxy groups -OCH3 is 1. The van der Waals surface area contributed by atoms with Gasteiger partial charge in [-0.25, -0.2) is 19.5 Å². The van der Waals surface area contributed by atoms with Crippen LogP contribution in [0, 0.1) is 10.1 Å². The molecule has 5 rings (SSSR count). The molecule has 0 unspecified atom stereocenters. The smallest absolute Gasteiger partial charge is 0.469 e. The number of hydrogen-bond donors (Lipinski definition) is 3. The summed E-state index contributed by atoms with van der Waals surface area (Å²) in [5, 5.41) is 14.7. The van der Waals surface area contributed by atoms with Gasteiger partial charge in [-0.05, 0) is 24.1 Å². The van der Waals surface area contributed by atoms with E-state index in [0.717, 1.165) is 5.56 Å². The number of nitrogens with zero attached hydrogens (tertiary/aromatic N) is 5. The Kier molecular flexibility index (Phi) is 9.29. The van der Waals surface area contributed by atoms with E-state index in [9.17, 15) is 29.3 Å². The summed E-state index contributed by atoms with van der Waals surface area (Å²) in [7, 11) is -3.66. The molecular weight excluding hydrogens is 599 g/mol. The minimum absolute atomic E-state index is 0.0219. The number of nitro groups is 1. The predicted octanol–water partition coefficient (Wildman–Crippen LogP) is 3.54. The third kappa shape index (κ3) is 7.07. The number of ether oxygens (including phenoxy) is 3. The number of aromatic nitrogens is 4. The van der Waals surface area contributed by atoms with Crippen molar-refractivity contribution < 1.29 is 42.8 Å². The van der Waals surface area contributed by atoms with Crippen LogP contribution < -0.4 is 10.1 Å². The van der Waals surface area contributed by atoms with Crippen LogP contribution in [0.4, 0.5) is 11.5 Å². The molecular formula is C27H29N6O10P. The van der Waals surface area contributed by atoms with Crippen LogP contribution in [0.3, 0.4) is 0 Å². The van der Waals surface area contributed by atoms with Crippen molar-refractivity contribution in [2.45, 2.75) is 44.9 Å². The number of hydrogen-bond acceptors (Lipinski definition) is 12. The molecule has 1 saturated heterocycles. The number of Topliss-reactive ketones (excluding diaryl/α,β-unsaturated/α-hetero) is 1. The van der Waals surface area contributed by atoms with Crippen molar-refractivity contribution >= 4 is 36.3 Å². The highest BCUT2D eigenvalue weighted by Crippen LogP contribution is 2.44. The van der Waals surface area contributed by atoms with E-state index in [2.05, 4.69) is 20.3 Å². The number of phosphoric ester groups is 1. The summed E-state index contributed by atoms with van der Waals surface area (Å²) in [6, 6.07) is 12.2. The lowest BCUT2D eigenvalue weighted by atomic mass is 10.0. The molecule has 0 aliphatic carbocycles. The number of benzene rings is 2. The van der Waals surface area contributed by atoms with Crippen molar-refractivity contribution in [3.05, 3.63) is 81.9 Å². The Morgan fingerprint density at radius 2 is 2.00 bits per heavy atom. The van der Waals surface area contributed by atoms with Crippen LogP contribution >= 0.6 is 7.82 Å². The molecule has 0 spiro atoms. The molecule has 3 heterocycles. The number of carbonyl (C=O) groups is 1. The maximum Gasteiger partial charge on any atom is 0.469 e. The van der Waals surface area contributed by atoms with Gasteiger partial charge in [-0.3, -0.25) is 24.0 Å². The number of fused-ring (bicyclic) bond motifs is 1. The fraction of sp³-hybridized carbons (Fsp3) is 0.333. The molecule has 17 heteroatoms. The van der Waals surface area contributed by atoms with Gasteiger partial charge in [-0.2, -0.15) is 0 Å².